The summed E-state index contributed by atoms with van der Waals surface area (Å²) in [6.07, 6.45) is -0.156. The first-order chi connectivity index (χ1) is 11.9. The number of amides is 2. The molecular weight excluding hydrogens is 333 g/mol. The van der Waals surface area contributed by atoms with Crippen molar-refractivity contribution < 1.29 is 22.8 Å². The molecule has 0 saturated heterocycles. The molecule has 4 nitrogen and oxygen atoms in total. The minimum atomic E-state index is -1.66. The minimum absolute atomic E-state index is 0.0312. The lowest BCUT2D eigenvalue weighted by Crippen LogP contribution is -2.27. The van der Waals surface area contributed by atoms with Gasteiger partial charge in [0.2, 0.25) is 5.91 Å². The van der Waals surface area contributed by atoms with Gasteiger partial charge in [0.05, 0.1) is 5.69 Å². The second-order valence-electron chi connectivity index (χ2n) is 5.47. The van der Waals surface area contributed by atoms with E-state index < -0.39 is 29.0 Å². The van der Waals surface area contributed by atoms with Crippen LogP contribution in [0, 0.1) is 17.5 Å². The van der Waals surface area contributed by atoms with Crippen molar-refractivity contribution in [1.29, 1.82) is 0 Å². The molecule has 1 aliphatic heterocycles. The van der Waals surface area contributed by atoms with Crippen molar-refractivity contribution >= 4 is 23.2 Å². The molecule has 0 aromatic heterocycles. The van der Waals surface area contributed by atoms with Crippen LogP contribution in [0.1, 0.15) is 22.3 Å². The van der Waals surface area contributed by atoms with Gasteiger partial charge in [-0.15, -0.1) is 0 Å². The number of carbonyl (C=O) groups is 2. The highest BCUT2D eigenvalue weighted by atomic mass is 19.2. The number of carbonyl (C=O) groups excluding carboxylic acids is 2. The van der Waals surface area contributed by atoms with Gasteiger partial charge in [0, 0.05) is 29.8 Å². The Bertz CT molecular complexity index is 861. The maximum atomic E-state index is 13.6. The van der Waals surface area contributed by atoms with Gasteiger partial charge in [0.1, 0.15) is 0 Å². The largest absolute Gasteiger partial charge is 0.323 e. The summed E-state index contributed by atoms with van der Waals surface area (Å²) in [7, 11) is 0. The average molecular weight is 346 g/mol. The van der Waals surface area contributed by atoms with E-state index in [9.17, 15) is 22.8 Å². The summed E-state index contributed by atoms with van der Waals surface area (Å²) in [4.78, 5) is 25.6. The van der Waals surface area contributed by atoms with Gasteiger partial charge >= 0.3 is 0 Å². The van der Waals surface area contributed by atoms with Gasteiger partial charge in [-0.25, -0.2) is 13.2 Å². The molecule has 0 radical (unpaired) electrons. The molecule has 0 saturated carbocycles. The zero-order valence-electron chi connectivity index (χ0n) is 13.0. The topological polar surface area (TPSA) is 49.4 Å². The van der Waals surface area contributed by atoms with Gasteiger partial charge in [-0.1, -0.05) is 24.8 Å². The van der Waals surface area contributed by atoms with Gasteiger partial charge in [-0.3, -0.25) is 9.59 Å². The fourth-order valence-electron chi connectivity index (χ4n) is 2.62. The zero-order chi connectivity index (χ0) is 18.1. The van der Waals surface area contributed by atoms with E-state index in [-0.39, 0.29) is 18.9 Å². The SMILES string of the molecule is C=C1c2ccccc2C(=O)N1CCC(=O)Nc1ccc(F)c(F)c1F. The standard InChI is InChI=1S/C18H13F3N2O2/c1-10-11-4-2-3-5-12(11)18(25)23(10)9-8-15(24)22-14-7-6-13(19)16(20)17(14)21/h2-7H,1,8-9H2,(H,22,24). The number of fused-ring (bicyclic) bond motifs is 1. The Balaban J connectivity index is 1.65. The summed E-state index contributed by atoms with van der Waals surface area (Å²) in [6, 6.07) is 8.58. The lowest BCUT2D eigenvalue weighted by Gasteiger charge is -2.17. The number of hydrogen-bond acceptors (Lipinski definition) is 2. The zero-order valence-corrected chi connectivity index (χ0v) is 13.0. The van der Waals surface area contributed by atoms with E-state index in [1.54, 1.807) is 24.3 Å². The van der Waals surface area contributed by atoms with E-state index in [1.807, 2.05) is 0 Å². The van der Waals surface area contributed by atoms with Crippen LogP contribution in [0.5, 0.6) is 0 Å². The smallest absolute Gasteiger partial charge is 0.258 e. The van der Waals surface area contributed by atoms with Crippen LogP contribution in [-0.2, 0) is 4.79 Å². The van der Waals surface area contributed by atoms with Crippen LogP contribution in [0.2, 0.25) is 0 Å². The third-order valence-corrected chi connectivity index (χ3v) is 3.91. The molecule has 2 amide bonds. The van der Waals surface area contributed by atoms with E-state index in [4.69, 9.17) is 0 Å². The highest BCUT2D eigenvalue weighted by molar-refractivity contribution is 6.09. The lowest BCUT2D eigenvalue weighted by molar-refractivity contribution is -0.116. The Kier molecular flexibility index (Phi) is 4.31. The summed E-state index contributed by atoms with van der Waals surface area (Å²) in [5.74, 6) is -5.38. The number of nitrogens with one attached hydrogen (secondary N) is 1. The normalized spacial score (nSPS) is 13.2. The summed E-state index contributed by atoms with van der Waals surface area (Å²) in [5, 5.41) is 2.16. The summed E-state index contributed by atoms with van der Waals surface area (Å²) in [6.45, 7) is 3.88. The van der Waals surface area contributed by atoms with E-state index in [0.717, 1.165) is 12.1 Å². The second-order valence-corrected chi connectivity index (χ2v) is 5.47. The van der Waals surface area contributed by atoms with Gasteiger partial charge < -0.3 is 10.2 Å². The molecule has 2 aromatic carbocycles. The molecule has 1 heterocycles. The number of halogens is 3. The molecule has 7 heteroatoms. The Morgan fingerprint density at radius 2 is 1.72 bits per heavy atom. The molecule has 0 bridgehead atoms. The van der Waals surface area contributed by atoms with Crippen molar-refractivity contribution in [3.05, 3.63) is 71.6 Å². The first kappa shape index (κ1) is 16.8. The van der Waals surface area contributed by atoms with Crippen LogP contribution in [0.15, 0.2) is 43.0 Å². The molecule has 0 fully saturated rings. The predicted octanol–water partition coefficient (Wildman–Crippen LogP) is 3.56. The fourth-order valence-corrected chi connectivity index (χ4v) is 2.62. The fraction of sp³-hybridized carbons (Fsp3) is 0.111. The predicted molar refractivity (Wildman–Crippen MR) is 86.1 cm³/mol. The van der Waals surface area contributed by atoms with Crippen LogP contribution in [0.3, 0.4) is 0 Å². The van der Waals surface area contributed by atoms with Crippen molar-refractivity contribution in [3.63, 3.8) is 0 Å². The van der Waals surface area contributed by atoms with Crippen molar-refractivity contribution in [2.75, 3.05) is 11.9 Å². The highest BCUT2D eigenvalue weighted by Crippen LogP contribution is 2.31. The van der Waals surface area contributed by atoms with Crippen LogP contribution in [-0.4, -0.2) is 23.3 Å². The molecule has 0 spiro atoms. The number of rotatable bonds is 4. The molecule has 128 valence electrons. The first-order valence-corrected chi connectivity index (χ1v) is 7.43. The Morgan fingerprint density at radius 3 is 2.40 bits per heavy atom. The summed E-state index contributed by atoms with van der Waals surface area (Å²) < 4.78 is 39.6. The van der Waals surface area contributed by atoms with Gasteiger partial charge in [-0.05, 0) is 18.2 Å². The summed E-state index contributed by atoms with van der Waals surface area (Å²) in [5.41, 5.74) is 1.21. The Hall–Kier alpha value is -3.09. The quantitative estimate of drug-likeness (QED) is 0.861. The average Bonchev–Trinajstić information content (AvgIpc) is 2.85. The minimum Gasteiger partial charge on any atom is -0.323 e. The maximum Gasteiger partial charge on any atom is 0.258 e. The molecule has 0 atom stereocenters. The van der Waals surface area contributed by atoms with Gasteiger partial charge in [0.25, 0.3) is 5.91 Å². The number of anilines is 1. The van der Waals surface area contributed by atoms with E-state index in [1.165, 1.54) is 4.90 Å². The number of hydrogen-bond donors (Lipinski definition) is 1. The van der Waals surface area contributed by atoms with E-state index in [2.05, 4.69) is 11.9 Å². The Labute approximate surface area is 141 Å². The Morgan fingerprint density at radius 1 is 1.04 bits per heavy atom. The molecule has 0 unspecified atom stereocenters. The van der Waals surface area contributed by atoms with Crippen molar-refractivity contribution in [1.82, 2.24) is 4.90 Å². The first-order valence-electron chi connectivity index (χ1n) is 7.43. The molecular formula is C18H13F3N2O2. The summed E-state index contributed by atoms with van der Waals surface area (Å²) >= 11 is 0. The highest BCUT2D eigenvalue weighted by Gasteiger charge is 2.30. The molecule has 1 N–H and O–H groups in total. The van der Waals surface area contributed by atoms with Crippen LogP contribution in [0.25, 0.3) is 5.70 Å². The second kappa shape index (κ2) is 6.43. The molecule has 2 aromatic rings. The lowest BCUT2D eigenvalue weighted by atomic mass is 10.1. The van der Waals surface area contributed by atoms with Crippen LogP contribution >= 0.6 is 0 Å². The number of benzene rings is 2. The van der Waals surface area contributed by atoms with Crippen molar-refractivity contribution in [2.45, 2.75) is 6.42 Å². The molecule has 1 aliphatic rings. The third-order valence-electron chi connectivity index (χ3n) is 3.91. The van der Waals surface area contributed by atoms with Crippen molar-refractivity contribution in [3.8, 4) is 0 Å². The molecule has 3 rings (SSSR count). The van der Waals surface area contributed by atoms with E-state index >= 15 is 0 Å². The third kappa shape index (κ3) is 3.00. The van der Waals surface area contributed by atoms with Crippen LogP contribution in [0.4, 0.5) is 18.9 Å². The van der Waals surface area contributed by atoms with Gasteiger partial charge in [0.15, 0.2) is 17.5 Å². The molecule has 25 heavy (non-hydrogen) atoms. The van der Waals surface area contributed by atoms with E-state index in [0.29, 0.717) is 16.8 Å². The van der Waals surface area contributed by atoms with Crippen molar-refractivity contribution in [2.24, 2.45) is 0 Å². The molecule has 0 aliphatic carbocycles. The van der Waals surface area contributed by atoms with Gasteiger partial charge in [-0.2, -0.15) is 0 Å². The number of nitrogens with zero attached hydrogens (tertiary/aromatic N) is 1. The monoisotopic (exact) mass is 346 g/mol. The maximum absolute atomic E-state index is 13.6. The van der Waals surface area contributed by atoms with Crippen LogP contribution < -0.4 is 5.32 Å².